The van der Waals surface area contributed by atoms with Gasteiger partial charge in [-0.25, -0.2) is 0 Å². The van der Waals surface area contributed by atoms with Gasteiger partial charge in [0.1, 0.15) is 5.75 Å². The standard InChI is InChI=1S/C14H17NO3S/c1-3-18-13(16)8-11-9-19-14(15-11)10-5-4-6-12(7-10)17-2/h4-7,11H,3,8-9H2,1-2H3. The van der Waals surface area contributed by atoms with Gasteiger partial charge < -0.3 is 9.47 Å². The lowest BCUT2D eigenvalue weighted by molar-refractivity contribution is -0.143. The Morgan fingerprint density at radius 1 is 1.53 bits per heavy atom. The highest BCUT2D eigenvalue weighted by molar-refractivity contribution is 8.14. The first kappa shape index (κ1) is 13.9. The number of esters is 1. The van der Waals surface area contributed by atoms with Gasteiger partial charge in [-0.05, 0) is 19.1 Å². The second kappa shape index (κ2) is 6.61. The smallest absolute Gasteiger partial charge is 0.307 e. The molecular weight excluding hydrogens is 262 g/mol. The van der Waals surface area contributed by atoms with E-state index in [2.05, 4.69) is 4.99 Å². The first-order chi connectivity index (χ1) is 9.22. The van der Waals surface area contributed by atoms with Crippen LogP contribution in [-0.2, 0) is 9.53 Å². The van der Waals surface area contributed by atoms with Gasteiger partial charge in [-0.2, -0.15) is 0 Å². The number of methoxy groups -OCH3 is 1. The third-order valence-corrected chi connectivity index (χ3v) is 3.90. The molecule has 0 radical (unpaired) electrons. The molecule has 2 rings (SSSR count). The number of hydrogen-bond acceptors (Lipinski definition) is 5. The Morgan fingerprint density at radius 3 is 3.11 bits per heavy atom. The van der Waals surface area contributed by atoms with Gasteiger partial charge in [0.25, 0.3) is 0 Å². The molecule has 0 N–H and O–H groups in total. The van der Waals surface area contributed by atoms with Crippen LogP contribution in [-0.4, -0.2) is 36.5 Å². The lowest BCUT2D eigenvalue weighted by Crippen LogP contribution is -2.14. The van der Waals surface area contributed by atoms with Crippen LogP contribution in [0.15, 0.2) is 29.3 Å². The number of aliphatic imine (C=N–C) groups is 1. The van der Waals surface area contributed by atoms with Crippen LogP contribution in [0.25, 0.3) is 0 Å². The Morgan fingerprint density at radius 2 is 2.37 bits per heavy atom. The largest absolute Gasteiger partial charge is 0.497 e. The normalized spacial score (nSPS) is 18.0. The molecule has 1 unspecified atom stereocenters. The lowest BCUT2D eigenvalue weighted by Gasteiger charge is -2.04. The zero-order valence-electron chi connectivity index (χ0n) is 11.1. The van der Waals surface area contributed by atoms with Crippen molar-refractivity contribution in [1.82, 2.24) is 0 Å². The quantitative estimate of drug-likeness (QED) is 0.777. The van der Waals surface area contributed by atoms with Gasteiger partial charge in [0.2, 0.25) is 0 Å². The summed E-state index contributed by atoms with van der Waals surface area (Å²) in [6, 6.07) is 7.82. The van der Waals surface area contributed by atoms with E-state index in [-0.39, 0.29) is 12.0 Å². The van der Waals surface area contributed by atoms with Gasteiger partial charge in [-0.1, -0.05) is 12.1 Å². The van der Waals surface area contributed by atoms with Crippen LogP contribution < -0.4 is 4.74 Å². The van der Waals surface area contributed by atoms with Crippen molar-refractivity contribution < 1.29 is 14.3 Å². The first-order valence-electron chi connectivity index (χ1n) is 6.23. The molecule has 102 valence electrons. The van der Waals surface area contributed by atoms with E-state index >= 15 is 0 Å². The van der Waals surface area contributed by atoms with Crippen LogP contribution in [0.1, 0.15) is 18.9 Å². The highest BCUT2D eigenvalue weighted by Gasteiger charge is 2.22. The number of carbonyl (C=O) groups is 1. The van der Waals surface area contributed by atoms with Crippen molar-refractivity contribution in [3.05, 3.63) is 29.8 Å². The number of thioether (sulfide) groups is 1. The summed E-state index contributed by atoms with van der Waals surface area (Å²) >= 11 is 1.67. The summed E-state index contributed by atoms with van der Waals surface area (Å²) in [6.45, 7) is 2.23. The minimum absolute atomic E-state index is 0.0188. The molecule has 0 saturated heterocycles. The minimum Gasteiger partial charge on any atom is -0.497 e. The van der Waals surface area contributed by atoms with Gasteiger partial charge >= 0.3 is 5.97 Å². The van der Waals surface area contributed by atoms with Crippen LogP contribution in [0.5, 0.6) is 5.75 Å². The molecule has 1 aliphatic heterocycles. The summed E-state index contributed by atoms with van der Waals surface area (Å²) in [5.74, 6) is 1.46. The summed E-state index contributed by atoms with van der Waals surface area (Å²) in [4.78, 5) is 16.0. The fourth-order valence-electron chi connectivity index (χ4n) is 1.85. The monoisotopic (exact) mass is 279 g/mol. The van der Waals surface area contributed by atoms with Crippen LogP contribution >= 0.6 is 11.8 Å². The third-order valence-electron chi connectivity index (χ3n) is 2.74. The number of benzene rings is 1. The molecule has 1 aromatic rings. The zero-order chi connectivity index (χ0) is 13.7. The van der Waals surface area contributed by atoms with Crippen molar-refractivity contribution in [3.8, 4) is 5.75 Å². The van der Waals surface area contributed by atoms with E-state index in [0.29, 0.717) is 13.0 Å². The Bertz CT molecular complexity index is 487. The second-order valence-corrected chi connectivity index (χ2v) is 5.15. The van der Waals surface area contributed by atoms with Crippen LogP contribution in [0.3, 0.4) is 0 Å². The number of ether oxygens (including phenoxy) is 2. The molecule has 0 amide bonds. The minimum atomic E-state index is -0.177. The number of nitrogens with zero attached hydrogens (tertiary/aromatic N) is 1. The summed E-state index contributed by atoms with van der Waals surface area (Å²) in [5.41, 5.74) is 1.04. The average Bonchev–Trinajstić information content (AvgIpc) is 2.87. The molecular formula is C14H17NO3S. The SMILES string of the molecule is CCOC(=O)CC1CSC(c2cccc(OC)c2)=N1. The van der Waals surface area contributed by atoms with Gasteiger partial charge in [0, 0.05) is 11.3 Å². The van der Waals surface area contributed by atoms with E-state index in [1.54, 1.807) is 18.9 Å². The van der Waals surface area contributed by atoms with Crippen molar-refractivity contribution in [2.24, 2.45) is 4.99 Å². The second-order valence-electron chi connectivity index (χ2n) is 4.14. The van der Waals surface area contributed by atoms with Crippen LogP contribution in [0.4, 0.5) is 0 Å². The van der Waals surface area contributed by atoms with Crippen LogP contribution in [0, 0.1) is 0 Å². The molecule has 0 spiro atoms. The average molecular weight is 279 g/mol. The topological polar surface area (TPSA) is 47.9 Å². The highest BCUT2D eigenvalue weighted by atomic mass is 32.2. The zero-order valence-corrected chi connectivity index (χ0v) is 11.9. The molecule has 1 heterocycles. The summed E-state index contributed by atoms with van der Waals surface area (Å²) in [5, 5.41) is 0.966. The number of carbonyl (C=O) groups excluding carboxylic acids is 1. The maximum absolute atomic E-state index is 11.4. The molecule has 19 heavy (non-hydrogen) atoms. The molecule has 1 aromatic carbocycles. The van der Waals surface area contributed by atoms with Crippen molar-refractivity contribution >= 4 is 22.8 Å². The number of rotatable bonds is 5. The predicted molar refractivity (Wildman–Crippen MR) is 77.0 cm³/mol. The van der Waals surface area contributed by atoms with E-state index in [0.717, 1.165) is 22.1 Å². The molecule has 1 atom stereocenters. The molecule has 0 aliphatic carbocycles. The van der Waals surface area contributed by atoms with Crippen molar-refractivity contribution in [3.63, 3.8) is 0 Å². The van der Waals surface area contributed by atoms with Crippen molar-refractivity contribution in [1.29, 1.82) is 0 Å². The Balaban J connectivity index is 2.03. The van der Waals surface area contributed by atoms with Gasteiger partial charge in [0.15, 0.2) is 0 Å². The van der Waals surface area contributed by atoms with E-state index in [9.17, 15) is 4.79 Å². The molecule has 0 fully saturated rings. The third kappa shape index (κ3) is 3.73. The van der Waals surface area contributed by atoms with Gasteiger partial charge in [-0.3, -0.25) is 9.79 Å². The molecule has 4 nitrogen and oxygen atoms in total. The predicted octanol–water partition coefficient (Wildman–Crippen LogP) is 2.51. The Labute approximate surface area is 117 Å². The van der Waals surface area contributed by atoms with Crippen molar-refractivity contribution in [2.75, 3.05) is 19.5 Å². The molecule has 0 bridgehead atoms. The maximum atomic E-state index is 11.4. The fraction of sp³-hybridized carbons (Fsp3) is 0.429. The maximum Gasteiger partial charge on any atom is 0.307 e. The van der Waals surface area contributed by atoms with Crippen LogP contribution in [0.2, 0.25) is 0 Å². The Kier molecular flexibility index (Phi) is 4.85. The highest BCUT2D eigenvalue weighted by Crippen LogP contribution is 2.27. The Hall–Kier alpha value is -1.49. The molecule has 0 aromatic heterocycles. The first-order valence-corrected chi connectivity index (χ1v) is 7.22. The summed E-state index contributed by atoms with van der Waals surface area (Å²) in [6.07, 6.45) is 0.355. The molecule has 0 saturated carbocycles. The van der Waals surface area contributed by atoms with Crippen molar-refractivity contribution in [2.45, 2.75) is 19.4 Å². The fourth-order valence-corrected chi connectivity index (χ4v) is 2.91. The van der Waals surface area contributed by atoms with E-state index in [4.69, 9.17) is 9.47 Å². The van der Waals surface area contributed by atoms with E-state index in [1.807, 2.05) is 31.2 Å². The molecule has 1 aliphatic rings. The van der Waals surface area contributed by atoms with E-state index in [1.165, 1.54) is 0 Å². The molecule has 5 heteroatoms. The summed E-state index contributed by atoms with van der Waals surface area (Å²) in [7, 11) is 1.65. The number of hydrogen-bond donors (Lipinski definition) is 0. The van der Waals surface area contributed by atoms with Gasteiger partial charge in [-0.15, -0.1) is 11.8 Å². The van der Waals surface area contributed by atoms with Gasteiger partial charge in [0.05, 0.1) is 31.2 Å². The lowest BCUT2D eigenvalue weighted by atomic mass is 10.2. The summed E-state index contributed by atoms with van der Waals surface area (Å²) < 4.78 is 10.1. The van der Waals surface area contributed by atoms with E-state index < -0.39 is 0 Å².